The summed E-state index contributed by atoms with van der Waals surface area (Å²) < 4.78 is 11.8. The van der Waals surface area contributed by atoms with Crippen LogP contribution in [0, 0.1) is 0 Å². The number of aliphatic hydroxyl groups excluding tert-OH is 1. The summed E-state index contributed by atoms with van der Waals surface area (Å²) in [6, 6.07) is 5.40. The maximum atomic E-state index is 11.8. The predicted octanol–water partition coefficient (Wildman–Crippen LogP) is -1.08. The maximum absolute atomic E-state index is 11.8. The quantitative estimate of drug-likeness (QED) is 0.275. The monoisotopic (exact) mass is 432 g/mol. The van der Waals surface area contributed by atoms with Crippen molar-refractivity contribution in [3.63, 3.8) is 0 Å². The van der Waals surface area contributed by atoms with Crippen LogP contribution in [0.2, 0.25) is 0 Å². The van der Waals surface area contributed by atoms with Gasteiger partial charge in [-0.2, -0.15) is 0 Å². The van der Waals surface area contributed by atoms with Crippen molar-refractivity contribution >= 4 is 13.6 Å². The van der Waals surface area contributed by atoms with Gasteiger partial charge in [0, 0.05) is 45.8 Å². The highest BCUT2D eigenvalue weighted by Gasteiger charge is 2.31. The normalized spacial score (nSPS) is 19.5. The third kappa shape index (κ3) is 8.07. The van der Waals surface area contributed by atoms with Crippen molar-refractivity contribution < 1.29 is 34.5 Å². The summed E-state index contributed by atoms with van der Waals surface area (Å²) in [4.78, 5) is 40.0. The molecule has 0 aliphatic carbocycles. The fraction of sp³-hybridized carbons (Fsp3) is 0.647. The molecule has 2 bridgehead atoms. The van der Waals surface area contributed by atoms with Crippen LogP contribution < -0.4 is 0 Å². The van der Waals surface area contributed by atoms with Gasteiger partial charge in [-0.05, 0) is 19.1 Å². The molecule has 1 aliphatic heterocycles. The van der Waals surface area contributed by atoms with E-state index < -0.39 is 25.6 Å². The Bertz CT molecular complexity index is 729. The molecule has 1 aliphatic rings. The number of carboxylic acid groups (broad SMARTS) is 1. The Balaban J connectivity index is 2.31. The summed E-state index contributed by atoms with van der Waals surface area (Å²) in [6.45, 7) is 2.90. The molecule has 0 fully saturated rings. The second-order valence-electron chi connectivity index (χ2n) is 7.20. The van der Waals surface area contributed by atoms with Crippen LogP contribution in [0.25, 0.3) is 0 Å². The summed E-state index contributed by atoms with van der Waals surface area (Å²) in [5.41, 5.74) is 1.36. The van der Waals surface area contributed by atoms with Crippen LogP contribution in [-0.4, -0.2) is 102 Å². The van der Waals surface area contributed by atoms with Crippen LogP contribution in [0.4, 0.5) is 0 Å². The molecule has 0 saturated heterocycles. The van der Waals surface area contributed by atoms with E-state index in [0.717, 1.165) is 0 Å². The molecule has 0 saturated carbocycles. The zero-order valence-corrected chi connectivity index (χ0v) is 17.2. The van der Waals surface area contributed by atoms with Gasteiger partial charge >= 0.3 is 13.6 Å². The van der Waals surface area contributed by atoms with Gasteiger partial charge in [0.2, 0.25) is 0 Å². The Morgan fingerprint density at radius 2 is 1.66 bits per heavy atom. The Kier molecular flexibility index (Phi) is 8.68. The number of β-amino-alcohol motifs (C(OH)–C–C–N with tert-alkyl or cyclic N) is 2. The number of aliphatic carboxylic acids is 1. The predicted molar refractivity (Wildman–Crippen MR) is 104 cm³/mol. The average molecular weight is 432 g/mol. The van der Waals surface area contributed by atoms with Gasteiger partial charge < -0.3 is 25.1 Å². The molecule has 2 heterocycles. The van der Waals surface area contributed by atoms with E-state index in [1.165, 1.54) is 6.92 Å². The number of aromatic nitrogens is 1. The number of fused-ring (bicyclic) bond motifs is 2. The first kappa shape index (κ1) is 23.8. The Morgan fingerprint density at radius 3 is 2.17 bits per heavy atom. The van der Waals surface area contributed by atoms with Crippen molar-refractivity contribution in [1.82, 2.24) is 19.7 Å². The van der Waals surface area contributed by atoms with Crippen molar-refractivity contribution in [1.29, 1.82) is 0 Å². The molecule has 0 amide bonds. The van der Waals surface area contributed by atoms with Crippen LogP contribution in [0.3, 0.4) is 0 Å². The first-order valence-electron chi connectivity index (χ1n) is 9.31. The van der Waals surface area contributed by atoms with E-state index in [2.05, 4.69) is 4.98 Å². The number of pyridine rings is 1. The van der Waals surface area contributed by atoms with Crippen molar-refractivity contribution in [3.8, 4) is 0 Å². The van der Waals surface area contributed by atoms with E-state index in [4.69, 9.17) is 0 Å². The lowest BCUT2D eigenvalue weighted by atomic mass is 10.2. The number of hydrogen-bond donors (Lipinski definition) is 5. The topological polar surface area (TPSA) is 158 Å². The van der Waals surface area contributed by atoms with E-state index in [1.807, 2.05) is 6.07 Å². The molecule has 0 spiro atoms. The Morgan fingerprint density at radius 1 is 1.10 bits per heavy atom. The fourth-order valence-electron chi connectivity index (χ4n) is 3.27. The van der Waals surface area contributed by atoms with Crippen LogP contribution in [0.5, 0.6) is 0 Å². The minimum atomic E-state index is -4.39. The van der Waals surface area contributed by atoms with Gasteiger partial charge in [0.05, 0.1) is 17.9 Å². The van der Waals surface area contributed by atoms with E-state index >= 15 is 0 Å². The number of rotatable bonds is 6. The number of hydrogen-bond acceptors (Lipinski definition) is 8. The fourth-order valence-corrected chi connectivity index (χ4v) is 3.93. The van der Waals surface area contributed by atoms with Gasteiger partial charge in [-0.3, -0.25) is 29.0 Å². The largest absolute Gasteiger partial charge is 0.480 e. The summed E-state index contributed by atoms with van der Waals surface area (Å²) in [7, 11) is -4.39. The maximum Gasteiger partial charge on any atom is 0.342 e. The third-order valence-corrected chi connectivity index (χ3v) is 6.14. The van der Waals surface area contributed by atoms with Gasteiger partial charge in [0.25, 0.3) is 0 Å². The first-order valence-corrected chi connectivity index (χ1v) is 11.0. The highest BCUT2D eigenvalue weighted by molar-refractivity contribution is 7.52. The van der Waals surface area contributed by atoms with Crippen molar-refractivity contribution in [2.45, 2.75) is 32.1 Å². The molecule has 0 radical (unpaired) electrons. The SMILES string of the molecule is CC(N1CCN(CC(=O)O)Cc2cccc(n2)CN(CC(O)O)CC1)P(=O)(O)O. The zero-order valence-electron chi connectivity index (χ0n) is 16.3. The minimum absolute atomic E-state index is 0.0326. The molecule has 1 aromatic heterocycles. The summed E-state index contributed by atoms with van der Waals surface area (Å²) in [6.07, 6.45) is -1.55. The van der Waals surface area contributed by atoms with E-state index in [1.54, 1.807) is 26.8 Å². The highest BCUT2D eigenvalue weighted by atomic mass is 31.2. The number of aliphatic hydroxyl groups is 2. The smallest absolute Gasteiger partial charge is 0.342 e. The van der Waals surface area contributed by atoms with E-state index in [9.17, 15) is 34.5 Å². The minimum Gasteiger partial charge on any atom is -0.480 e. The Hall–Kier alpha value is -1.43. The van der Waals surface area contributed by atoms with Gasteiger partial charge in [0.1, 0.15) is 5.78 Å². The number of carboxylic acids is 1. The van der Waals surface area contributed by atoms with Crippen LogP contribution >= 0.6 is 7.60 Å². The molecule has 0 aromatic carbocycles. The molecule has 164 valence electrons. The van der Waals surface area contributed by atoms with Crippen molar-refractivity contribution in [3.05, 3.63) is 29.6 Å². The second kappa shape index (κ2) is 10.6. The third-order valence-electron chi connectivity index (χ3n) is 4.84. The number of nitrogens with zero attached hydrogens (tertiary/aromatic N) is 4. The van der Waals surface area contributed by atoms with E-state index in [-0.39, 0.29) is 39.3 Å². The first-order chi connectivity index (χ1) is 13.5. The molecule has 1 atom stereocenters. The molecule has 5 N–H and O–H groups in total. The molecular weight excluding hydrogens is 403 g/mol. The average Bonchev–Trinajstić information content (AvgIpc) is 2.58. The van der Waals surface area contributed by atoms with Gasteiger partial charge in [0.15, 0.2) is 6.29 Å². The highest BCUT2D eigenvalue weighted by Crippen LogP contribution is 2.42. The summed E-state index contributed by atoms with van der Waals surface area (Å²) in [5, 5.41) is 28.0. The van der Waals surface area contributed by atoms with Crippen LogP contribution in [0.1, 0.15) is 18.3 Å². The lowest BCUT2D eigenvalue weighted by molar-refractivity contribution is -0.138. The van der Waals surface area contributed by atoms with Crippen molar-refractivity contribution in [2.24, 2.45) is 0 Å². The molecule has 11 nitrogen and oxygen atoms in total. The zero-order chi connectivity index (χ0) is 21.6. The van der Waals surface area contributed by atoms with Crippen LogP contribution in [-0.2, 0) is 22.4 Å². The van der Waals surface area contributed by atoms with E-state index in [0.29, 0.717) is 24.5 Å². The van der Waals surface area contributed by atoms with Gasteiger partial charge in [-0.15, -0.1) is 0 Å². The molecular formula is C17H29N4O7P. The Labute approximate surface area is 169 Å². The van der Waals surface area contributed by atoms with Crippen molar-refractivity contribution in [2.75, 3.05) is 39.3 Å². The molecule has 1 aromatic rings. The lowest BCUT2D eigenvalue weighted by Gasteiger charge is -2.34. The second-order valence-corrected chi connectivity index (χ2v) is 9.12. The van der Waals surface area contributed by atoms with Gasteiger partial charge in [-0.1, -0.05) is 6.07 Å². The molecule has 2 rings (SSSR count). The lowest BCUT2D eigenvalue weighted by Crippen LogP contribution is -2.45. The van der Waals surface area contributed by atoms with Gasteiger partial charge in [-0.25, -0.2) is 0 Å². The summed E-state index contributed by atoms with van der Waals surface area (Å²) >= 11 is 0. The van der Waals surface area contributed by atoms with Crippen LogP contribution in [0.15, 0.2) is 18.2 Å². The molecule has 1 unspecified atom stereocenters. The standard InChI is InChI=1S/C17H29N4O7P/c1-13(29(26,27)28)21-7-5-19(11-16(22)23)9-14-3-2-4-15(18-14)10-20(6-8-21)12-17(24)25/h2-4,13,16,22-23H,5-12H2,1H3,(H,24,25)(H2,26,27,28). The molecule has 12 heteroatoms. The number of carbonyl (C=O) groups is 1. The summed E-state index contributed by atoms with van der Waals surface area (Å²) in [5.74, 6) is -2.04. The molecule has 29 heavy (non-hydrogen) atoms.